The van der Waals surface area contributed by atoms with Crippen LogP contribution in [0.3, 0.4) is 0 Å². The van der Waals surface area contributed by atoms with Gasteiger partial charge >= 0.3 is 6.18 Å². The average molecular weight is 398 g/mol. The summed E-state index contributed by atoms with van der Waals surface area (Å²) in [7, 11) is 0. The Kier molecular flexibility index (Phi) is 5.10. The molecule has 2 aromatic carbocycles. The third-order valence-electron chi connectivity index (χ3n) is 4.58. The summed E-state index contributed by atoms with van der Waals surface area (Å²) in [4.78, 5) is 27.6. The van der Waals surface area contributed by atoms with Gasteiger partial charge in [0.25, 0.3) is 5.91 Å². The van der Waals surface area contributed by atoms with E-state index in [9.17, 15) is 31.5 Å². The number of hydrogen-bond donors (Lipinski definition) is 0. The first-order valence-corrected chi connectivity index (χ1v) is 8.34. The molecule has 1 aliphatic rings. The molecule has 9 heteroatoms. The van der Waals surface area contributed by atoms with Gasteiger partial charge in [-0.15, -0.1) is 0 Å². The van der Waals surface area contributed by atoms with Gasteiger partial charge in [-0.05, 0) is 43.3 Å². The van der Waals surface area contributed by atoms with Crippen molar-refractivity contribution in [2.45, 2.75) is 19.1 Å². The molecule has 0 saturated carbocycles. The normalized spacial score (nSPS) is 17.8. The molecule has 0 unspecified atom stereocenters. The molecule has 3 rings (SSSR count). The average Bonchev–Trinajstić information content (AvgIpc) is 2.63. The molecular weight excluding hydrogens is 383 g/mol. The van der Waals surface area contributed by atoms with Crippen LogP contribution in [0.1, 0.15) is 22.8 Å². The van der Waals surface area contributed by atoms with Crippen molar-refractivity contribution in [3.63, 3.8) is 0 Å². The smallest absolute Gasteiger partial charge is 0.325 e. The van der Waals surface area contributed by atoms with Crippen LogP contribution in [0.4, 0.5) is 27.6 Å². The molecule has 28 heavy (non-hydrogen) atoms. The summed E-state index contributed by atoms with van der Waals surface area (Å²) < 4.78 is 65.0. The van der Waals surface area contributed by atoms with Gasteiger partial charge in [0.1, 0.15) is 17.7 Å². The Bertz CT molecular complexity index is 912. The first-order valence-electron chi connectivity index (χ1n) is 8.34. The number of alkyl halides is 3. The van der Waals surface area contributed by atoms with Gasteiger partial charge in [0, 0.05) is 24.7 Å². The Morgan fingerprint density at radius 1 is 1.04 bits per heavy atom. The van der Waals surface area contributed by atoms with E-state index in [1.165, 1.54) is 11.8 Å². The first-order chi connectivity index (χ1) is 13.1. The Morgan fingerprint density at radius 2 is 1.68 bits per heavy atom. The number of hydrogen-bond acceptors (Lipinski definition) is 2. The zero-order chi connectivity index (χ0) is 20.6. The van der Waals surface area contributed by atoms with Gasteiger partial charge < -0.3 is 9.80 Å². The van der Waals surface area contributed by atoms with Crippen LogP contribution in [0, 0.1) is 11.6 Å². The molecule has 1 heterocycles. The minimum absolute atomic E-state index is 0.00839. The van der Waals surface area contributed by atoms with Gasteiger partial charge in [-0.3, -0.25) is 9.59 Å². The summed E-state index contributed by atoms with van der Waals surface area (Å²) in [6.45, 7) is 1.46. The summed E-state index contributed by atoms with van der Waals surface area (Å²) in [5.74, 6) is -2.85. The number of carbonyl (C=O) groups excluding carboxylic acids is 2. The quantitative estimate of drug-likeness (QED) is 0.721. The lowest BCUT2D eigenvalue weighted by Crippen LogP contribution is -2.58. The van der Waals surface area contributed by atoms with E-state index < -0.39 is 41.2 Å². The highest BCUT2D eigenvalue weighted by Crippen LogP contribution is 2.30. The third kappa shape index (κ3) is 3.69. The van der Waals surface area contributed by atoms with E-state index in [1.54, 1.807) is 0 Å². The number of benzene rings is 2. The van der Waals surface area contributed by atoms with E-state index in [0.29, 0.717) is 6.07 Å². The molecule has 0 spiro atoms. The van der Waals surface area contributed by atoms with Gasteiger partial charge in [0.15, 0.2) is 0 Å². The van der Waals surface area contributed by atoms with Crippen LogP contribution < -0.4 is 4.90 Å². The topological polar surface area (TPSA) is 40.6 Å². The predicted molar refractivity (Wildman–Crippen MR) is 90.7 cm³/mol. The van der Waals surface area contributed by atoms with Crippen molar-refractivity contribution in [3.8, 4) is 0 Å². The summed E-state index contributed by atoms with van der Waals surface area (Å²) in [5, 5.41) is 0. The monoisotopic (exact) mass is 398 g/mol. The van der Waals surface area contributed by atoms with Gasteiger partial charge in [0.2, 0.25) is 5.91 Å². The second-order valence-corrected chi connectivity index (χ2v) is 6.34. The zero-order valence-electron chi connectivity index (χ0n) is 14.6. The van der Waals surface area contributed by atoms with Crippen molar-refractivity contribution < 1.29 is 31.5 Å². The number of carbonyl (C=O) groups is 2. The number of nitrogens with zero attached hydrogens (tertiary/aromatic N) is 2. The Hall–Kier alpha value is -2.97. The second-order valence-electron chi connectivity index (χ2n) is 6.34. The standard InChI is InChI=1S/C19H15F5N2O2/c1-11-17(27)26(16-7-6-14(20)10-15(16)21)9-8-25(11)18(28)12-2-4-13(5-3-12)19(22,23)24/h2-7,10-11H,8-9H2,1H3/t11-/m1/s1. The van der Waals surface area contributed by atoms with Crippen LogP contribution in [0.25, 0.3) is 0 Å². The lowest BCUT2D eigenvalue weighted by molar-refractivity contribution is -0.137. The summed E-state index contributed by atoms with van der Waals surface area (Å²) in [5.41, 5.74) is -0.973. The number of piperazine rings is 1. The fraction of sp³-hybridized carbons (Fsp3) is 0.263. The van der Waals surface area contributed by atoms with E-state index in [-0.39, 0.29) is 24.3 Å². The van der Waals surface area contributed by atoms with Crippen molar-refractivity contribution in [2.24, 2.45) is 0 Å². The Labute approximate surface area is 157 Å². The number of anilines is 1. The van der Waals surface area contributed by atoms with Gasteiger partial charge in [-0.1, -0.05) is 0 Å². The van der Waals surface area contributed by atoms with Gasteiger partial charge in [-0.2, -0.15) is 13.2 Å². The van der Waals surface area contributed by atoms with Crippen molar-refractivity contribution in [2.75, 3.05) is 18.0 Å². The van der Waals surface area contributed by atoms with Gasteiger partial charge in [0.05, 0.1) is 11.3 Å². The third-order valence-corrected chi connectivity index (χ3v) is 4.58. The minimum atomic E-state index is -4.52. The molecule has 1 saturated heterocycles. The highest BCUT2D eigenvalue weighted by Gasteiger charge is 2.37. The summed E-state index contributed by atoms with van der Waals surface area (Å²) in [6, 6.07) is 5.55. The number of halogens is 5. The molecule has 0 aromatic heterocycles. The molecule has 0 radical (unpaired) electrons. The molecule has 0 bridgehead atoms. The maximum absolute atomic E-state index is 14.0. The second kappa shape index (κ2) is 7.21. The minimum Gasteiger partial charge on any atom is -0.325 e. The van der Waals surface area contributed by atoms with Crippen LogP contribution in [0.5, 0.6) is 0 Å². The fourth-order valence-corrected chi connectivity index (χ4v) is 3.05. The maximum Gasteiger partial charge on any atom is 0.416 e. The molecule has 0 aliphatic carbocycles. The van der Waals surface area contributed by atoms with Crippen LogP contribution in [0.15, 0.2) is 42.5 Å². The highest BCUT2D eigenvalue weighted by atomic mass is 19.4. The molecule has 2 amide bonds. The fourth-order valence-electron chi connectivity index (χ4n) is 3.05. The highest BCUT2D eigenvalue weighted by molar-refractivity contribution is 6.03. The lowest BCUT2D eigenvalue weighted by Gasteiger charge is -2.39. The van der Waals surface area contributed by atoms with E-state index >= 15 is 0 Å². The first kappa shape index (κ1) is 19.8. The van der Waals surface area contributed by atoms with E-state index in [1.807, 2.05) is 0 Å². The molecule has 148 valence electrons. The van der Waals surface area contributed by atoms with Crippen molar-refractivity contribution in [3.05, 3.63) is 65.2 Å². The molecule has 0 N–H and O–H groups in total. The Balaban J connectivity index is 1.79. The van der Waals surface area contributed by atoms with E-state index in [2.05, 4.69) is 0 Å². The van der Waals surface area contributed by atoms with Crippen LogP contribution in [0.2, 0.25) is 0 Å². The van der Waals surface area contributed by atoms with Crippen molar-refractivity contribution in [1.82, 2.24) is 4.90 Å². The molecule has 1 fully saturated rings. The zero-order valence-corrected chi connectivity index (χ0v) is 14.6. The largest absolute Gasteiger partial charge is 0.416 e. The van der Waals surface area contributed by atoms with E-state index in [4.69, 9.17) is 0 Å². The molecule has 1 atom stereocenters. The molecular formula is C19H15F5N2O2. The molecule has 4 nitrogen and oxygen atoms in total. The Morgan fingerprint density at radius 3 is 2.25 bits per heavy atom. The van der Waals surface area contributed by atoms with Crippen LogP contribution in [-0.4, -0.2) is 35.8 Å². The number of amides is 2. The lowest BCUT2D eigenvalue weighted by atomic mass is 10.1. The van der Waals surface area contributed by atoms with Gasteiger partial charge in [-0.25, -0.2) is 8.78 Å². The van der Waals surface area contributed by atoms with Crippen LogP contribution >= 0.6 is 0 Å². The van der Waals surface area contributed by atoms with Crippen LogP contribution in [-0.2, 0) is 11.0 Å². The predicted octanol–water partition coefficient (Wildman–Crippen LogP) is 3.86. The summed E-state index contributed by atoms with van der Waals surface area (Å²) in [6.07, 6.45) is -4.52. The molecule has 1 aliphatic heterocycles. The maximum atomic E-state index is 14.0. The molecule has 2 aromatic rings. The summed E-state index contributed by atoms with van der Waals surface area (Å²) >= 11 is 0. The SMILES string of the molecule is C[C@@H]1C(=O)N(c2ccc(F)cc2F)CCN1C(=O)c1ccc(C(F)(F)F)cc1. The number of rotatable bonds is 2. The van der Waals surface area contributed by atoms with E-state index in [0.717, 1.165) is 41.3 Å². The van der Waals surface area contributed by atoms with Crippen molar-refractivity contribution in [1.29, 1.82) is 0 Å². The van der Waals surface area contributed by atoms with Crippen molar-refractivity contribution >= 4 is 17.5 Å².